The average Bonchev–Trinajstić information content (AvgIpc) is 3.33. The lowest BCUT2D eigenvalue weighted by Gasteiger charge is -2.25. The Morgan fingerprint density at radius 2 is 2.08 bits per heavy atom. The van der Waals surface area contributed by atoms with E-state index in [1.54, 1.807) is 6.07 Å². The van der Waals surface area contributed by atoms with Gasteiger partial charge in [0.15, 0.2) is 17.2 Å². The lowest BCUT2D eigenvalue weighted by molar-refractivity contribution is 0.0613. The molecule has 0 aliphatic heterocycles. The maximum atomic E-state index is 13.8. The molecule has 7 nitrogen and oxygen atoms in total. The van der Waals surface area contributed by atoms with E-state index in [1.165, 1.54) is 50.2 Å². The first-order valence-electron chi connectivity index (χ1n) is 7.49. The molecular formula is C17H16FNO6S. The predicted molar refractivity (Wildman–Crippen MR) is 88.6 cm³/mol. The van der Waals surface area contributed by atoms with Crippen molar-refractivity contribution in [3.05, 3.63) is 72.3 Å². The summed E-state index contributed by atoms with van der Waals surface area (Å²) in [7, 11) is -2.82. The molecule has 26 heavy (non-hydrogen) atoms. The summed E-state index contributed by atoms with van der Waals surface area (Å²) in [5.74, 6) is -0.761. The molecule has 3 rings (SSSR count). The van der Waals surface area contributed by atoms with Crippen LogP contribution in [-0.4, -0.2) is 27.2 Å². The fourth-order valence-corrected chi connectivity index (χ4v) is 3.51. The summed E-state index contributed by atoms with van der Waals surface area (Å²) in [6, 6.07) is 7.81. The van der Waals surface area contributed by atoms with Crippen molar-refractivity contribution in [3.63, 3.8) is 0 Å². The molecule has 0 aliphatic rings. The third-order valence-electron chi connectivity index (χ3n) is 3.88. The SMILES string of the molecule is COc1ccc(S(=O)(=O)NC[C@@](O)(c2ccoc2)c2ccco2)cc1F. The minimum atomic E-state index is -4.10. The van der Waals surface area contributed by atoms with E-state index in [1.807, 2.05) is 0 Å². The van der Waals surface area contributed by atoms with Crippen molar-refractivity contribution < 1.29 is 31.5 Å². The minimum absolute atomic E-state index is 0.0746. The Morgan fingerprint density at radius 3 is 2.65 bits per heavy atom. The van der Waals surface area contributed by atoms with Gasteiger partial charge >= 0.3 is 0 Å². The highest BCUT2D eigenvalue weighted by molar-refractivity contribution is 7.89. The van der Waals surface area contributed by atoms with E-state index in [4.69, 9.17) is 13.6 Å². The van der Waals surface area contributed by atoms with Gasteiger partial charge in [-0.3, -0.25) is 0 Å². The predicted octanol–water partition coefficient (Wildman–Crippen LogP) is 2.23. The van der Waals surface area contributed by atoms with Crippen LogP contribution >= 0.6 is 0 Å². The van der Waals surface area contributed by atoms with Crippen molar-refractivity contribution in [3.8, 4) is 5.75 Å². The van der Waals surface area contributed by atoms with Crippen LogP contribution in [0, 0.1) is 5.82 Å². The van der Waals surface area contributed by atoms with Crippen LogP contribution in [0.2, 0.25) is 0 Å². The lowest BCUT2D eigenvalue weighted by Crippen LogP contribution is -2.41. The Bertz CT molecular complexity index is 933. The van der Waals surface area contributed by atoms with Crippen LogP contribution in [0.4, 0.5) is 4.39 Å². The van der Waals surface area contributed by atoms with Crippen LogP contribution in [0.3, 0.4) is 0 Å². The van der Waals surface area contributed by atoms with E-state index in [-0.39, 0.29) is 16.4 Å². The second kappa shape index (κ2) is 6.94. The van der Waals surface area contributed by atoms with Gasteiger partial charge in [-0.05, 0) is 36.4 Å². The van der Waals surface area contributed by atoms with Crippen molar-refractivity contribution in [1.82, 2.24) is 4.72 Å². The molecule has 2 aromatic heterocycles. The van der Waals surface area contributed by atoms with Gasteiger partial charge in [0.2, 0.25) is 10.0 Å². The van der Waals surface area contributed by atoms with Gasteiger partial charge in [0.05, 0.1) is 37.3 Å². The second-order valence-electron chi connectivity index (χ2n) is 5.47. The molecule has 0 spiro atoms. The summed E-state index contributed by atoms with van der Waals surface area (Å²) in [5.41, 5.74) is -1.50. The normalized spacial score (nSPS) is 14.1. The van der Waals surface area contributed by atoms with Crippen LogP contribution in [0.5, 0.6) is 5.75 Å². The Labute approximate surface area is 149 Å². The van der Waals surface area contributed by atoms with Crippen LogP contribution < -0.4 is 9.46 Å². The summed E-state index contributed by atoms with van der Waals surface area (Å²) in [4.78, 5) is -0.301. The third kappa shape index (κ3) is 3.36. The topological polar surface area (TPSA) is 102 Å². The summed E-state index contributed by atoms with van der Waals surface area (Å²) >= 11 is 0. The van der Waals surface area contributed by atoms with E-state index in [0.717, 1.165) is 6.07 Å². The maximum absolute atomic E-state index is 13.8. The fourth-order valence-electron chi connectivity index (χ4n) is 2.44. The van der Waals surface area contributed by atoms with Crippen molar-refractivity contribution >= 4 is 10.0 Å². The van der Waals surface area contributed by atoms with Crippen LogP contribution in [0.15, 0.2) is 68.9 Å². The number of hydrogen-bond donors (Lipinski definition) is 2. The minimum Gasteiger partial charge on any atom is -0.494 e. The monoisotopic (exact) mass is 381 g/mol. The number of methoxy groups -OCH3 is 1. The molecule has 1 atom stereocenters. The van der Waals surface area contributed by atoms with Crippen molar-refractivity contribution in [2.75, 3.05) is 13.7 Å². The largest absolute Gasteiger partial charge is 0.494 e. The van der Waals surface area contributed by atoms with Crippen LogP contribution in [0.1, 0.15) is 11.3 Å². The Hall–Kier alpha value is -2.62. The van der Waals surface area contributed by atoms with Gasteiger partial charge in [-0.15, -0.1) is 0 Å². The smallest absolute Gasteiger partial charge is 0.240 e. The Morgan fingerprint density at radius 1 is 1.27 bits per heavy atom. The number of furan rings is 2. The molecule has 0 saturated carbocycles. The van der Waals surface area contributed by atoms with Gasteiger partial charge in [-0.1, -0.05) is 0 Å². The number of ether oxygens (including phenoxy) is 1. The third-order valence-corrected chi connectivity index (χ3v) is 5.28. The van der Waals surface area contributed by atoms with Crippen molar-refractivity contribution in [2.45, 2.75) is 10.5 Å². The van der Waals surface area contributed by atoms with Gasteiger partial charge in [0.1, 0.15) is 5.76 Å². The van der Waals surface area contributed by atoms with Crippen LogP contribution in [0.25, 0.3) is 0 Å². The molecule has 0 fully saturated rings. The van der Waals surface area contributed by atoms with Crippen molar-refractivity contribution in [1.29, 1.82) is 0 Å². The second-order valence-corrected chi connectivity index (χ2v) is 7.24. The first-order chi connectivity index (χ1) is 12.4. The number of benzene rings is 1. The summed E-state index contributed by atoms with van der Waals surface area (Å²) in [6.45, 7) is -0.448. The maximum Gasteiger partial charge on any atom is 0.240 e. The summed E-state index contributed by atoms with van der Waals surface area (Å²) in [5, 5.41) is 11.0. The van der Waals surface area contributed by atoms with Gasteiger partial charge in [0.25, 0.3) is 0 Å². The number of halogens is 1. The van der Waals surface area contributed by atoms with Gasteiger partial charge in [0, 0.05) is 5.56 Å². The molecule has 0 radical (unpaired) electrons. The zero-order chi connectivity index (χ0) is 18.8. The zero-order valence-corrected chi connectivity index (χ0v) is 14.5. The molecule has 138 valence electrons. The number of hydrogen-bond acceptors (Lipinski definition) is 6. The lowest BCUT2D eigenvalue weighted by atomic mass is 9.94. The first kappa shape index (κ1) is 18.2. The molecule has 3 aromatic rings. The highest BCUT2D eigenvalue weighted by Crippen LogP contribution is 2.30. The number of rotatable bonds is 7. The molecule has 1 aromatic carbocycles. The zero-order valence-electron chi connectivity index (χ0n) is 13.7. The van der Waals surface area contributed by atoms with Gasteiger partial charge in [-0.25, -0.2) is 17.5 Å². The van der Waals surface area contributed by atoms with E-state index >= 15 is 0 Å². The number of nitrogens with one attached hydrogen (secondary N) is 1. The molecule has 9 heteroatoms. The highest BCUT2D eigenvalue weighted by atomic mass is 32.2. The molecular weight excluding hydrogens is 365 g/mol. The van der Waals surface area contributed by atoms with E-state index in [2.05, 4.69) is 4.72 Å². The highest BCUT2D eigenvalue weighted by Gasteiger charge is 2.37. The number of aliphatic hydroxyl groups is 1. The van der Waals surface area contributed by atoms with Crippen LogP contribution in [-0.2, 0) is 15.6 Å². The Balaban J connectivity index is 1.88. The molecule has 2 N–H and O–H groups in total. The number of sulfonamides is 1. The fraction of sp³-hybridized carbons (Fsp3) is 0.176. The molecule has 0 unspecified atom stereocenters. The molecule has 0 amide bonds. The Kier molecular flexibility index (Phi) is 4.86. The van der Waals surface area contributed by atoms with E-state index in [0.29, 0.717) is 5.56 Å². The van der Waals surface area contributed by atoms with Gasteiger partial charge < -0.3 is 18.7 Å². The standard InChI is InChI=1S/C17H16FNO6S/c1-23-15-5-4-13(9-14(15)18)26(21,22)19-11-17(20,12-6-8-24-10-12)16-3-2-7-25-16/h2-10,19-20H,11H2,1H3/t17-/m1/s1. The molecule has 0 aliphatic carbocycles. The summed E-state index contributed by atoms with van der Waals surface area (Å²) < 4.78 is 56.0. The molecule has 2 heterocycles. The first-order valence-corrected chi connectivity index (χ1v) is 8.97. The molecule has 0 saturated heterocycles. The van der Waals surface area contributed by atoms with E-state index in [9.17, 15) is 17.9 Å². The summed E-state index contributed by atoms with van der Waals surface area (Å²) in [6.07, 6.45) is 3.98. The van der Waals surface area contributed by atoms with Crippen molar-refractivity contribution in [2.24, 2.45) is 0 Å². The quantitative estimate of drug-likeness (QED) is 0.651. The average molecular weight is 381 g/mol. The molecule has 0 bridgehead atoms. The van der Waals surface area contributed by atoms with Gasteiger partial charge in [-0.2, -0.15) is 0 Å². The van der Waals surface area contributed by atoms with E-state index < -0.39 is 28.0 Å².